The Hall–Kier alpha value is -3.55. The van der Waals surface area contributed by atoms with Crippen molar-refractivity contribution in [3.8, 4) is 17.4 Å². The Morgan fingerprint density at radius 2 is 1.78 bits per heavy atom. The van der Waals surface area contributed by atoms with Crippen LogP contribution >= 0.6 is 0 Å². The Kier molecular flexibility index (Phi) is 3.18. The summed E-state index contributed by atoms with van der Waals surface area (Å²) in [6.07, 6.45) is 0. The van der Waals surface area contributed by atoms with E-state index in [4.69, 9.17) is 9.84 Å². The lowest BCUT2D eigenvalue weighted by Crippen LogP contribution is -2.19. The van der Waals surface area contributed by atoms with E-state index in [0.29, 0.717) is 17.3 Å². The highest BCUT2D eigenvalue weighted by Crippen LogP contribution is 2.49. The first-order valence-electron chi connectivity index (χ1n) is 8.71. The number of fused-ring (bicyclic) bond motifs is 2. The minimum atomic E-state index is -0.310. The molecule has 0 saturated carbocycles. The van der Waals surface area contributed by atoms with Crippen molar-refractivity contribution < 1.29 is 4.74 Å². The summed E-state index contributed by atoms with van der Waals surface area (Å²) in [7, 11) is 0. The summed E-state index contributed by atoms with van der Waals surface area (Å²) in [5.74, 6) is 0.750. The molecule has 3 N–H and O–H groups in total. The number of aryl methyl sites for hydroxylation is 3. The highest BCUT2D eigenvalue weighted by molar-refractivity contribution is 5.59. The van der Waals surface area contributed by atoms with Crippen LogP contribution in [0.1, 0.15) is 39.7 Å². The number of para-hydroxylation sites is 1. The second-order valence-electron chi connectivity index (χ2n) is 6.77. The molecule has 0 amide bonds. The molecule has 1 aliphatic rings. The molecule has 4 heterocycles. The SMILES string of the molecule is Cc1nn(-c2ccccc2)c2c1C(c1c(C)[nH][nH]c1=O)c1c(n[nH]c1C)O2. The van der Waals surface area contributed by atoms with Gasteiger partial charge in [0.2, 0.25) is 11.8 Å². The van der Waals surface area contributed by atoms with E-state index in [1.807, 2.05) is 51.1 Å². The van der Waals surface area contributed by atoms with Crippen molar-refractivity contribution in [1.29, 1.82) is 0 Å². The lowest BCUT2D eigenvalue weighted by Gasteiger charge is -2.23. The van der Waals surface area contributed by atoms with E-state index in [0.717, 1.165) is 33.9 Å². The van der Waals surface area contributed by atoms with Crippen LogP contribution in [0.4, 0.5) is 0 Å². The molecular formula is C19H18N6O2. The normalized spacial score (nSPS) is 15.3. The average Bonchev–Trinajstić information content (AvgIpc) is 3.31. The molecule has 1 aliphatic heterocycles. The minimum Gasteiger partial charge on any atom is -0.418 e. The van der Waals surface area contributed by atoms with Crippen LogP contribution in [0.15, 0.2) is 35.1 Å². The Morgan fingerprint density at radius 1 is 1.00 bits per heavy atom. The quantitative estimate of drug-likeness (QED) is 0.449. The molecule has 1 atom stereocenters. The van der Waals surface area contributed by atoms with Gasteiger partial charge >= 0.3 is 0 Å². The van der Waals surface area contributed by atoms with Crippen molar-refractivity contribution >= 4 is 0 Å². The van der Waals surface area contributed by atoms with E-state index in [1.54, 1.807) is 4.68 Å². The van der Waals surface area contributed by atoms with Gasteiger partial charge in [0.1, 0.15) is 0 Å². The third kappa shape index (κ3) is 2.13. The van der Waals surface area contributed by atoms with E-state index >= 15 is 0 Å². The summed E-state index contributed by atoms with van der Waals surface area (Å²) < 4.78 is 7.91. The van der Waals surface area contributed by atoms with Crippen LogP contribution in [0.25, 0.3) is 5.69 Å². The summed E-state index contributed by atoms with van der Waals surface area (Å²) in [4.78, 5) is 12.6. The highest BCUT2D eigenvalue weighted by Gasteiger charge is 2.39. The molecule has 5 rings (SSSR count). The van der Waals surface area contributed by atoms with Crippen LogP contribution in [0.5, 0.6) is 11.8 Å². The molecule has 1 unspecified atom stereocenters. The van der Waals surface area contributed by atoms with Crippen LogP contribution in [-0.2, 0) is 0 Å². The predicted molar refractivity (Wildman–Crippen MR) is 98.8 cm³/mol. The van der Waals surface area contributed by atoms with Gasteiger partial charge in [-0.2, -0.15) is 5.10 Å². The summed E-state index contributed by atoms with van der Waals surface area (Å²) >= 11 is 0. The van der Waals surface area contributed by atoms with Gasteiger partial charge in [0.25, 0.3) is 5.56 Å². The van der Waals surface area contributed by atoms with Gasteiger partial charge in [-0.15, -0.1) is 5.10 Å². The molecule has 0 saturated heterocycles. The third-order valence-corrected chi connectivity index (χ3v) is 5.09. The Bertz CT molecular complexity index is 1210. The summed E-state index contributed by atoms with van der Waals surface area (Å²) in [6, 6.07) is 9.78. The fourth-order valence-corrected chi connectivity index (χ4v) is 3.85. The number of H-pyrrole nitrogens is 3. The van der Waals surface area contributed by atoms with Gasteiger partial charge in [-0.3, -0.25) is 15.0 Å². The number of aromatic nitrogens is 6. The standard InChI is InChI=1S/C19H18N6O2/c1-9-13(17(26)22-20-9)16-14-10(2)21-23-18(14)27-19-15(16)11(3)24-25(19)12-7-5-4-6-8-12/h4-8,16H,1-3H3,(H,21,23)(H2,20,22,26). The van der Waals surface area contributed by atoms with Crippen LogP contribution in [0, 0.1) is 20.8 Å². The van der Waals surface area contributed by atoms with Gasteiger partial charge in [-0.05, 0) is 32.9 Å². The number of ether oxygens (including phenoxy) is 1. The fraction of sp³-hybridized carbons (Fsp3) is 0.211. The first-order chi connectivity index (χ1) is 13.1. The number of benzene rings is 1. The zero-order valence-electron chi connectivity index (χ0n) is 15.1. The topological polar surface area (TPSA) is 104 Å². The number of hydrogen-bond donors (Lipinski definition) is 3. The number of nitrogens with one attached hydrogen (secondary N) is 3. The molecule has 0 spiro atoms. The number of nitrogens with zero attached hydrogens (tertiary/aromatic N) is 3. The maximum atomic E-state index is 12.6. The molecular weight excluding hydrogens is 344 g/mol. The largest absolute Gasteiger partial charge is 0.418 e. The Morgan fingerprint density at radius 3 is 2.48 bits per heavy atom. The zero-order valence-corrected chi connectivity index (χ0v) is 15.1. The smallest absolute Gasteiger partial charge is 0.268 e. The monoisotopic (exact) mass is 362 g/mol. The van der Waals surface area contributed by atoms with Crippen LogP contribution < -0.4 is 10.3 Å². The van der Waals surface area contributed by atoms with E-state index < -0.39 is 0 Å². The van der Waals surface area contributed by atoms with Gasteiger partial charge in [0.15, 0.2) is 0 Å². The van der Waals surface area contributed by atoms with Crippen molar-refractivity contribution in [3.05, 3.63) is 74.5 Å². The van der Waals surface area contributed by atoms with E-state index in [9.17, 15) is 4.79 Å². The average molecular weight is 362 g/mol. The molecule has 0 radical (unpaired) electrons. The van der Waals surface area contributed by atoms with E-state index in [1.165, 1.54) is 0 Å². The molecule has 1 aromatic carbocycles. The van der Waals surface area contributed by atoms with E-state index in [2.05, 4.69) is 20.4 Å². The van der Waals surface area contributed by atoms with Crippen molar-refractivity contribution in [1.82, 2.24) is 30.2 Å². The maximum absolute atomic E-state index is 12.6. The van der Waals surface area contributed by atoms with Crippen LogP contribution in [0.2, 0.25) is 0 Å². The molecule has 4 aromatic rings. The molecule has 3 aromatic heterocycles. The van der Waals surface area contributed by atoms with Gasteiger partial charge in [0, 0.05) is 17.0 Å². The predicted octanol–water partition coefficient (Wildman–Crippen LogP) is 2.82. The summed E-state index contributed by atoms with van der Waals surface area (Å²) in [5.41, 5.74) is 5.60. The van der Waals surface area contributed by atoms with Crippen LogP contribution in [-0.4, -0.2) is 30.2 Å². The fourth-order valence-electron chi connectivity index (χ4n) is 3.85. The van der Waals surface area contributed by atoms with Gasteiger partial charge in [0.05, 0.1) is 28.4 Å². The second-order valence-corrected chi connectivity index (χ2v) is 6.77. The first kappa shape index (κ1) is 15.7. The highest BCUT2D eigenvalue weighted by atomic mass is 16.5. The van der Waals surface area contributed by atoms with Crippen molar-refractivity contribution in [2.24, 2.45) is 0 Å². The molecule has 27 heavy (non-hydrogen) atoms. The summed E-state index contributed by atoms with van der Waals surface area (Å²) in [6.45, 7) is 5.75. The molecule has 8 nitrogen and oxygen atoms in total. The minimum absolute atomic E-state index is 0.149. The van der Waals surface area contributed by atoms with Crippen molar-refractivity contribution in [2.45, 2.75) is 26.7 Å². The number of aromatic amines is 3. The molecule has 0 fully saturated rings. The lowest BCUT2D eigenvalue weighted by atomic mass is 9.84. The van der Waals surface area contributed by atoms with Crippen molar-refractivity contribution in [2.75, 3.05) is 0 Å². The molecule has 0 bridgehead atoms. The maximum Gasteiger partial charge on any atom is 0.268 e. The lowest BCUT2D eigenvalue weighted by molar-refractivity contribution is 0.404. The number of rotatable bonds is 2. The summed E-state index contributed by atoms with van der Waals surface area (Å²) in [5, 5.41) is 17.6. The van der Waals surface area contributed by atoms with Crippen LogP contribution in [0.3, 0.4) is 0 Å². The van der Waals surface area contributed by atoms with E-state index in [-0.39, 0.29) is 11.5 Å². The Balaban J connectivity index is 1.83. The molecule has 0 aliphatic carbocycles. The van der Waals surface area contributed by atoms with Gasteiger partial charge < -0.3 is 9.84 Å². The van der Waals surface area contributed by atoms with Gasteiger partial charge in [-0.25, -0.2) is 4.68 Å². The first-order valence-corrected chi connectivity index (χ1v) is 8.71. The van der Waals surface area contributed by atoms with Crippen molar-refractivity contribution in [3.63, 3.8) is 0 Å². The zero-order chi connectivity index (χ0) is 18.7. The molecule has 136 valence electrons. The second kappa shape index (κ2) is 5.47. The Labute approximate surface area is 154 Å². The number of hydrogen-bond acceptors (Lipinski definition) is 4. The molecule has 8 heteroatoms. The van der Waals surface area contributed by atoms with Gasteiger partial charge in [-0.1, -0.05) is 18.2 Å². The third-order valence-electron chi connectivity index (χ3n) is 5.09.